The van der Waals surface area contributed by atoms with Gasteiger partial charge < -0.3 is 4.74 Å². The Morgan fingerprint density at radius 2 is 1.45 bits per heavy atom. The average molecular weight is 553 g/mol. The van der Waals surface area contributed by atoms with Gasteiger partial charge in [0.1, 0.15) is 0 Å². The number of rotatable bonds is 16. The Kier molecular flexibility index (Phi) is 12.6. The highest BCUT2D eigenvalue weighted by Crippen LogP contribution is 2.30. The zero-order valence-corrected chi connectivity index (χ0v) is 23.9. The fourth-order valence-electron chi connectivity index (χ4n) is 4.75. The summed E-state index contributed by atoms with van der Waals surface area (Å²) in [5.41, 5.74) is 8.29. The van der Waals surface area contributed by atoms with Crippen LogP contribution in [0.3, 0.4) is 0 Å². The Morgan fingerprint density at radius 3 is 1.98 bits per heavy atom. The van der Waals surface area contributed by atoms with Crippen molar-refractivity contribution in [2.45, 2.75) is 65.5 Å². The van der Waals surface area contributed by atoms with Crippen molar-refractivity contribution in [2.24, 2.45) is 5.41 Å². The van der Waals surface area contributed by atoms with Crippen LogP contribution in [0.1, 0.15) is 94.8 Å². The number of benzene rings is 2. The van der Waals surface area contributed by atoms with E-state index in [-0.39, 0.29) is 28.9 Å². The van der Waals surface area contributed by atoms with Gasteiger partial charge in [-0.2, -0.15) is 0 Å². The number of hydrogen-bond acceptors (Lipinski definition) is 8. The summed E-state index contributed by atoms with van der Waals surface area (Å²) in [6.45, 7) is 7.39. The van der Waals surface area contributed by atoms with Gasteiger partial charge in [0.2, 0.25) is 0 Å². The number of carbonyl (C=O) groups is 5. The molecule has 10 heteroatoms. The fourth-order valence-corrected chi connectivity index (χ4v) is 4.75. The van der Waals surface area contributed by atoms with Crippen LogP contribution in [0.15, 0.2) is 48.5 Å². The van der Waals surface area contributed by atoms with Gasteiger partial charge in [-0.05, 0) is 39.3 Å². The van der Waals surface area contributed by atoms with E-state index in [9.17, 15) is 24.0 Å². The van der Waals surface area contributed by atoms with E-state index in [1.165, 1.54) is 5.01 Å². The summed E-state index contributed by atoms with van der Waals surface area (Å²) in [5, 5.41) is 1.52. The molecule has 0 saturated heterocycles. The van der Waals surface area contributed by atoms with Crippen LogP contribution in [0.2, 0.25) is 0 Å². The third kappa shape index (κ3) is 8.30. The Hall–Kier alpha value is -3.89. The van der Waals surface area contributed by atoms with Crippen LogP contribution < -0.4 is 16.3 Å². The van der Waals surface area contributed by atoms with E-state index in [0.717, 1.165) is 19.3 Å². The molecular formula is C30H40N4O6. The fraction of sp³-hybridized carbons (Fsp3) is 0.433. The van der Waals surface area contributed by atoms with Crippen molar-refractivity contribution in [1.29, 1.82) is 0 Å². The average Bonchev–Trinajstić information content (AvgIpc) is 2.95. The number of hydrazine groups is 2. The summed E-state index contributed by atoms with van der Waals surface area (Å²) in [7, 11) is 1.63. The minimum atomic E-state index is -1.16. The molecule has 0 aliphatic rings. The molecule has 2 aromatic rings. The molecule has 0 aliphatic carbocycles. The molecule has 40 heavy (non-hydrogen) atoms. The smallest absolute Gasteiger partial charge is 0.313 e. The number of amides is 2. The van der Waals surface area contributed by atoms with Crippen molar-refractivity contribution in [1.82, 2.24) is 21.3 Å². The first-order chi connectivity index (χ1) is 19.1. The topological polar surface area (TPSA) is 134 Å². The zero-order valence-electron chi connectivity index (χ0n) is 23.9. The summed E-state index contributed by atoms with van der Waals surface area (Å²) < 4.78 is 5.39. The molecule has 0 radical (unpaired) electrons. The molecule has 1 unspecified atom stereocenters. The molecule has 0 bridgehead atoms. The van der Waals surface area contributed by atoms with Gasteiger partial charge in [-0.25, -0.2) is 10.4 Å². The quantitative estimate of drug-likeness (QED) is 0.124. The SMILES string of the molecule is CCCCCC(NNC(=O)c1ccccc1C=O)[C@@H](N(C)NC(=O)c1ccccc1C=O)C(C)(C)C(=O)OCC. The van der Waals surface area contributed by atoms with Gasteiger partial charge in [-0.15, -0.1) is 0 Å². The largest absolute Gasteiger partial charge is 0.466 e. The third-order valence-electron chi connectivity index (χ3n) is 6.77. The molecule has 0 spiro atoms. The number of likely N-dealkylation sites (N-methyl/N-ethyl adjacent to an activating group) is 1. The summed E-state index contributed by atoms with van der Waals surface area (Å²) in [5.74, 6) is -1.51. The second kappa shape index (κ2) is 15.6. The molecule has 10 nitrogen and oxygen atoms in total. The molecule has 2 rings (SSSR count). The summed E-state index contributed by atoms with van der Waals surface area (Å²) in [4.78, 5) is 62.4. The Balaban J connectivity index is 2.44. The van der Waals surface area contributed by atoms with Crippen molar-refractivity contribution in [3.63, 3.8) is 0 Å². The number of nitrogens with zero attached hydrogens (tertiary/aromatic N) is 1. The lowest BCUT2D eigenvalue weighted by molar-refractivity contribution is -0.159. The first-order valence-corrected chi connectivity index (χ1v) is 13.5. The molecule has 2 amide bonds. The molecule has 216 valence electrons. The second-order valence-electron chi connectivity index (χ2n) is 10.0. The highest BCUT2D eigenvalue weighted by molar-refractivity contribution is 6.01. The standard InChI is InChI=1S/C30H40N4O6/c1-6-8-9-18-25(31-32-27(37)23-16-12-10-14-21(23)19-35)26(30(3,4)29(39)40-7-2)34(5)33-28(38)24-17-13-11-15-22(24)20-36/h10-17,19-20,25-26,31H,6-9,18H2,1-5H3,(H,32,37)(H,33,38)/t25?,26-/m1/s1. The zero-order chi connectivity index (χ0) is 29.7. The number of hydrogen-bond donors (Lipinski definition) is 3. The molecule has 0 heterocycles. The maximum Gasteiger partial charge on any atom is 0.313 e. The van der Waals surface area contributed by atoms with Gasteiger partial charge in [0.05, 0.1) is 29.2 Å². The van der Waals surface area contributed by atoms with Crippen molar-refractivity contribution in [3.8, 4) is 0 Å². The lowest BCUT2D eigenvalue weighted by Gasteiger charge is -2.43. The van der Waals surface area contributed by atoms with Gasteiger partial charge in [-0.3, -0.25) is 34.8 Å². The molecular weight excluding hydrogens is 512 g/mol. The van der Waals surface area contributed by atoms with Gasteiger partial charge in [0.25, 0.3) is 11.8 Å². The molecule has 2 atom stereocenters. The van der Waals surface area contributed by atoms with Gasteiger partial charge in [-0.1, -0.05) is 62.6 Å². The maximum atomic E-state index is 13.2. The Bertz CT molecular complexity index is 1180. The summed E-state index contributed by atoms with van der Waals surface area (Å²) in [6, 6.07) is 11.6. The van der Waals surface area contributed by atoms with E-state index in [1.54, 1.807) is 76.3 Å². The van der Waals surface area contributed by atoms with Crippen LogP contribution in [0.5, 0.6) is 0 Å². The highest BCUT2D eigenvalue weighted by atomic mass is 16.5. The molecule has 0 saturated carbocycles. The normalized spacial score (nSPS) is 12.8. The molecule has 0 aromatic heterocycles. The van der Waals surface area contributed by atoms with E-state index in [1.807, 2.05) is 0 Å². The number of aldehydes is 2. The predicted octanol–water partition coefficient (Wildman–Crippen LogP) is 3.73. The maximum absolute atomic E-state index is 13.2. The molecule has 0 aliphatic heterocycles. The first-order valence-electron chi connectivity index (χ1n) is 13.5. The Morgan fingerprint density at radius 1 is 0.900 bits per heavy atom. The van der Waals surface area contributed by atoms with Crippen molar-refractivity contribution in [3.05, 3.63) is 70.8 Å². The number of ether oxygens (including phenoxy) is 1. The highest BCUT2D eigenvalue weighted by Gasteiger charge is 2.45. The number of carbonyl (C=O) groups excluding carboxylic acids is 5. The molecule has 3 N–H and O–H groups in total. The van der Waals surface area contributed by atoms with Crippen molar-refractivity contribution < 1.29 is 28.7 Å². The van der Waals surface area contributed by atoms with Crippen LogP contribution >= 0.6 is 0 Å². The van der Waals surface area contributed by atoms with Crippen LogP contribution in [-0.2, 0) is 9.53 Å². The van der Waals surface area contributed by atoms with Crippen molar-refractivity contribution in [2.75, 3.05) is 13.7 Å². The summed E-state index contributed by atoms with van der Waals surface area (Å²) in [6.07, 6.45) is 4.40. The van der Waals surface area contributed by atoms with E-state index in [0.29, 0.717) is 19.0 Å². The summed E-state index contributed by atoms with van der Waals surface area (Å²) >= 11 is 0. The minimum absolute atomic E-state index is 0.172. The van der Waals surface area contributed by atoms with Crippen molar-refractivity contribution >= 4 is 30.4 Å². The number of nitrogens with one attached hydrogen (secondary N) is 3. The third-order valence-corrected chi connectivity index (χ3v) is 6.77. The first kappa shape index (κ1) is 32.3. The van der Waals surface area contributed by atoms with E-state index in [4.69, 9.17) is 4.74 Å². The van der Waals surface area contributed by atoms with Crippen LogP contribution in [-0.4, -0.2) is 61.1 Å². The van der Waals surface area contributed by atoms with E-state index in [2.05, 4.69) is 23.2 Å². The van der Waals surface area contributed by atoms with Gasteiger partial charge in [0, 0.05) is 24.2 Å². The molecule has 2 aromatic carbocycles. The van der Waals surface area contributed by atoms with Crippen LogP contribution in [0.4, 0.5) is 0 Å². The molecule has 0 fully saturated rings. The van der Waals surface area contributed by atoms with Crippen LogP contribution in [0.25, 0.3) is 0 Å². The van der Waals surface area contributed by atoms with Gasteiger partial charge >= 0.3 is 5.97 Å². The van der Waals surface area contributed by atoms with Gasteiger partial charge in [0.15, 0.2) is 12.6 Å². The predicted molar refractivity (Wildman–Crippen MR) is 152 cm³/mol. The number of unbranched alkanes of at least 4 members (excludes halogenated alkanes) is 2. The van der Waals surface area contributed by atoms with Crippen LogP contribution in [0, 0.1) is 5.41 Å². The number of esters is 1. The van der Waals surface area contributed by atoms with E-state index < -0.39 is 35.3 Å². The minimum Gasteiger partial charge on any atom is -0.466 e. The lowest BCUT2D eigenvalue weighted by atomic mass is 9.78. The van der Waals surface area contributed by atoms with E-state index >= 15 is 0 Å². The monoisotopic (exact) mass is 552 g/mol. The lowest BCUT2D eigenvalue weighted by Crippen LogP contribution is -2.64. The Labute approximate surface area is 235 Å². The second-order valence-corrected chi connectivity index (χ2v) is 10.0.